The molecule has 4 heteroatoms. The zero-order valence-corrected chi connectivity index (χ0v) is 12.4. The summed E-state index contributed by atoms with van der Waals surface area (Å²) >= 11 is 3.36. The van der Waals surface area contributed by atoms with Gasteiger partial charge in [-0.25, -0.2) is 0 Å². The Morgan fingerprint density at radius 1 is 1.21 bits per heavy atom. The topological polar surface area (TPSA) is 34.4 Å². The number of ether oxygens (including phenoxy) is 1. The molecule has 1 aliphatic rings. The van der Waals surface area contributed by atoms with Crippen LogP contribution in [0.25, 0.3) is 0 Å². The van der Waals surface area contributed by atoms with E-state index in [1.54, 1.807) is 0 Å². The number of nitrogens with one attached hydrogen (secondary N) is 1. The van der Waals surface area contributed by atoms with Crippen molar-refractivity contribution in [2.24, 2.45) is 0 Å². The van der Waals surface area contributed by atoms with Crippen LogP contribution in [0.5, 0.6) is 0 Å². The third kappa shape index (κ3) is 2.61. The lowest BCUT2D eigenvalue weighted by atomic mass is 9.99. The van der Waals surface area contributed by atoms with Crippen LogP contribution in [0, 0.1) is 0 Å². The molecule has 0 saturated heterocycles. The summed E-state index contributed by atoms with van der Waals surface area (Å²) in [5.74, 6) is 0.924. The fourth-order valence-electron chi connectivity index (χ4n) is 2.44. The van der Waals surface area contributed by atoms with Crippen LogP contribution >= 0.6 is 15.9 Å². The highest BCUT2D eigenvalue weighted by atomic mass is 79.9. The van der Waals surface area contributed by atoms with Crippen molar-refractivity contribution in [1.82, 2.24) is 5.32 Å². The number of furan rings is 1. The second-order valence-corrected chi connectivity index (χ2v) is 5.44. The average molecular weight is 322 g/mol. The zero-order chi connectivity index (χ0) is 13.2. The highest BCUT2D eigenvalue weighted by Crippen LogP contribution is 2.29. The molecule has 100 valence electrons. The van der Waals surface area contributed by atoms with Gasteiger partial charge in [-0.2, -0.15) is 0 Å². The Hall–Kier alpha value is -1.10. The Bertz CT molecular complexity index is 579. The third-order valence-corrected chi connectivity index (χ3v) is 3.79. The molecule has 0 spiro atoms. The zero-order valence-electron chi connectivity index (χ0n) is 10.8. The monoisotopic (exact) mass is 321 g/mol. The van der Waals surface area contributed by atoms with E-state index in [1.165, 1.54) is 16.7 Å². The number of fused-ring (bicyclic) bond motifs is 1. The van der Waals surface area contributed by atoms with Gasteiger partial charge >= 0.3 is 0 Å². The van der Waals surface area contributed by atoms with Gasteiger partial charge in [0.15, 0.2) is 4.67 Å². The Labute approximate surface area is 121 Å². The van der Waals surface area contributed by atoms with E-state index >= 15 is 0 Å². The molecule has 0 fully saturated rings. The minimum absolute atomic E-state index is 0.0854. The first kappa shape index (κ1) is 12.9. The molecule has 3 nitrogen and oxygen atoms in total. The highest BCUT2D eigenvalue weighted by Gasteiger charge is 2.19. The van der Waals surface area contributed by atoms with Crippen molar-refractivity contribution in [3.05, 3.63) is 57.5 Å². The van der Waals surface area contributed by atoms with E-state index in [9.17, 15) is 0 Å². The van der Waals surface area contributed by atoms with Crippen molar-refractivity contribution in [3.63, 3.8) is 0 Å². The standard InChI is InChI=1S/C15H16BrNO2/c1-2-17-15(13-5-6-14(16)19-13)10-3-4-11-8-18-9-12(11)7-10/h3-7,15,17H,2,8-9H2,1H3. The van der Waals surface area contributed by atoms with Crippen LogP contribution in [0.4, 0.5) is 0 Å². The van der Waals surface area contributed by atoms with E-state index in [2.05, 4.69) is 46.4 Å². The molecule has 0 saturated carbocycles. The normalized spacial score (nSPS) is 15.5. The van der Waals surface area contributed by atoms with E-state index in [0.29, 0.717) is 6.61 Å². The predicted octanol–water partition coefficient (Wildman–Crippen LogP) is 3.77. The minimum Gasteiger partial charge on any atom is -0.452 e. The Morgan fingerprint density at radius 2 is 2.05 bits per heavy atom. The number of hydrogen-bond acceptors (Lipinski definition) is 3. The van der Waals surface area contributed by atoms with Gasteiger partial charge in [-0.3, -0.25) is 0 Å². The lowest BCUT2D eigenvalue weighted by Crippen LogP contribution is -2.21. The molecular weight excluding hydrogens is 306 g/mol. The Balaban J connectivity index is 1.95. The fourth-order valence-corrected chi connectivity index (χ4v) is 2.76. The summed E-state index contributed by atoms with van der Waals surface area (Å²) in [6, 6.07) is 10.5. The van der Waals surface area contributed by atoms with Crippen molar-refractivity contribution < 1.29 is 9.15 Å². The van der Waals surface area contributed by atoms with Crippen LogP contribution in [0.1, 0.15) is 35.4 Å². The highest BCUT2D eigenvalue weighted by molar-refractivity contribution is 9.10. The third-order valence-electron chi connectivity index (χ3n) is 3.37. The number of benzene rings is 1. The van der Waals surface area contributed by atoms with Gasteiger partial charge in [0.2, 0.25) is 0 Å². The first-order valence-electron chi connectivity index (χ1n) is 6.46. The molecule has 19 heavy (non-hydrogen) atoms. The summed E-state index contributed by atoms with van der Waals surface area (Å²) in [4.78, 5) is 0. The van der Waals surface area contributed by atoms with E-state index in [0.717, 1.165) is 23.6 Å². The van der Waals surface area contributed by atoms with Gasteiger partial charge < -0.3 is 14.5 Å². The first-order chi connectivity index (χ1) is 9.28. The SMILES string of the molecule is CCNC(c1ccc2c(c1)COC2)c1ccc(Br)o1. The second-order valence-electron chi connectivity index (χ2n) is 4.65. The van der Waals surface area contributed by atoms with E-state index < -0.39 is 0 Å². The summed E-state index contributed by atoms with van der Waals surface area (Å²) in [5, 5.41) is 3.46. The largest absolute Gasteiger partial charge is 0.452 e. The fraction of sp³-hybridized carbons (Fsp3) is 0.333. The quantitative estimate of drug-likeness (QED) is 0.930. The van der Waals surface area contributed by atoms with Crippen molar-refractivity contribution in [1.29, 1.82) is 0 Å². The number of rotatable bonds is 4. The molecule has 1 aliphatic heterocycles. The van der Waals surface area contributed by atoms with E-state index in [-0.39, 0.29) is 6.04 Å². The second kappa shape index (κ2) is 5.49. The van der Waals surface area contributed by atoms with Gasteiger partial charge in [0.1, 0.15) is 5.76 Å². The molecule has 2 heterocycles. The van der Waals surface area contributed by atoms with Crippen LogP contribution in [0.2, 0.25) is 0 Å². The minimum atomic E-state index is 0.0854. The van der Waals surface area contributed by atoms with Gasteiger partial charge in [0.25, 0.3) is 0 Å². The number of halogens is 1. The molecule has 0 aliphatic carbocycles. The maximum absolute atomic E-state index is 5.69. The Morgan fingerprint density at radius 3 is 2.79 bits per heavy atom. The van der Waals surface area contributed by atoms with Crippen molar-refractivity contribution in [3.8, 4) is 0 Å². The number of hydrogen-bond donors (Lipinski definition) is 1. The average Bonchev–Trinajstić information content (AvgIpc) is 3.03. The maximum Gasteiger partial charge on any atom is 0.169 e. The molecule has 1 unspecified atom stereocenters. The van der Waals surface area contributed by atoms with Crippen LogP contribution in [-0.2, 0) is 18.0 Å². The van der Waals surface area contributed by atoms with Crippen LogP contribution < -0.4 is 5.32 Å². The first-order valence-corrected chi connectivity index (χ1v) is 7.25. The summed E-state index contributed by atoms with van der Waals surface area (Å²) in [6.45, 7) is 4.43. The molecule has 3 rings (SSSR count). The Kier molecular flexibility index (Phi) is 3.73. The molecule has 1 N–H and O–H groups in total. The van der Waals surface area contributed by atoms with E-state index in [4.69, 9.17) is 9.15 Å². The van der Waals surface area contributed by atoms with Crippen LogP contribution in [0.15, 0.2) is 39.4 Å². The molecule has 1 aromatic heterocycles. The summed E-state index contributed by atoms with van der Waals surface area (Å²) < 4.78 is 11.9. The van der Waals surface area contributed by atoms with E-state index in [1.807, 2.05) is 12.1 Å². The lowest BCUT2D eigenvalue weighted by molar-refractivity contribution is 0.134. The summed E-state index contributed by atoms with van der Waals surface area (Å²) in [5.41, 5.74) is 3.79. The molecule has 1 aromatic carbocycles. The molecule has 0 radical (unpaired) electrons. The molecule has 1 atom stereocenters. The summed E-state index contributed by atoms with van der Waals surface area (Å²) in [7, 11) is 0. The van der Waals surface area contributed by atoms with Crippen LogP contribution in [0.3, 0.4) is 0 Å². The van der Waals surface area contributed by atoms with Crippen molar-refractivity contribution >= 4 is 15.9 Å². The lowest BCUT2D eigenvalue weighted by Gasteiger charge is -2.16. The van der Waals surface area contributed by atoms with Crippen molar-refractivity contribution in [2.45, 2.75) is 26.2 Å². The van der Waals surface area contributed by atoms with Crippen LogP contribution in [-0.4, -0.2) is 6.54 Å². The molecule has 0 amide bonds. The summed E-state index contributed by atoms with van der Waals surface area (Å²) in [6.07, 6.45) is 0. The predicted molar refractivity (Wildman–Crippen MR) is 76.9 cm³/mol. The van der Waals surface area contributed by atoms with Gasteiger partial charge in [0, 0.05) is 0 Å². The maximum atomic E-state index is 5.69. The van der Waals surface area contributed by atoms with Gasteiger partial charge in [-0.1, -0.05) is 25.1 Å². The van der Waals surface area contributed by atoms with Gasteiger partial charge in [0.05, 0.1) is 19.3 Å². The molecule has 0 bridgehead atoms. The molecule has 2 aromatic rings. The smallest absolute Gasteiger partial charge is 0.169 e. The molecular formula is C15H16BrNO2. The van der Waals surface area contributed by atoms with Crippen molar-refractivity contribution in [2.75, 3.05) is 6.54 Å². The van der Waals surface area contributed by atoms with Gasteiger partial charge in [-0.15, -0.1) is 0 Å². The van der Waals surface area contributed by atoms with Gasteiger partial charge in [-0.05, 0) is 51.3 Å².